The fourth-order valence-electron chi connectivity index (χ4n) is 2.34. The van der Waals surface area contributed by atoms with E-state index in [1.807, 2.05) is 6.07 Å². The first kappa shape index (κ1) is 10.7. The van der Waals surface area contributed by atoms with Crippen LogP contribution in [0.1, 0.15) is 31.1 Å². The van der Waals surface area contributed by atoms with Gasteiger partial charge in [-0.25, -0.2) is 9.07 Å². The Morgan fingerprint density at radius 1 is 1.41 bits per heavy atom. The lowest BCUT2D eigenvalue weighted by atomic mass is 10.1. The van der Waals surface area contributed by atoms with Crippen LogP contribution in [0, 0.1) is 12.7 Å². The Morgan fingerprint density at radius 2 is 2.29 bits per heavy atom. The lowest BCUT2D eigenvalue weighted by Gasteiger charge is -2.23. The minimum Gasteiger partial charge on any atom is -0.356 e. The molecule has 0 bridgehead atoms. The molecule has 4 heteroatoms. The molecule has 0 spiro atoms. The topological polar surface area (TPSA) is 27.1 Å². The maximum atomic E-state index is 13.9. The van der Waals surface area contributed by atoms with Crippen LogP contribution in [0.25, 0.3) is 10.9 Å². The quantitative estimate of drug-likeness (QED) is 0.757. The van der Waals surface area contributed by atoms with Crippen molar-refractivity contribution in [1.29, 1.82) is 0 Å². The summed E-state index contributed by atoms with van der Waals surface area (Å²) in [6.07, 6.45) is 4.74. The first-order valence-corrected chi connectivity index (χ1v) is 6.01. The summed E-state index contributed by atoms with van der Waals surface area (Å²) < 4.78 is 21.4. The van der Waals surface area contributed by atoms with Gasteiger partial charge in [0.15, 0.2) is 6.23 Å². The number of ether oxygens (including phenoxy) is 1. The zero-order chi connectivity index (χ0) is 11.8. The zero-order valence-electron chi connectivity index (χ0n) is 9.82. The molecule has 0 aliphatic carbocycles. The van der Waals surface area contributed by atoms with E-state index < -0.39 is 0 Å². The van der Waals surface area contributed by atoms with Gasteiger partial charge in [-0.2, -0.15) is 5.10 Å². The van der Waals surface area contributed by atoms with E-state index in [1.54, 1.807) is 23.9 Å². The molecule has 1 fully saturated rings. The molecule has 1 aliphatic rings. The number of hydrogen-bond donors (Lipinski definition) is 0. The molecule has 3 nitrogen and oxygen atoms in total. The predicted molar refractivity (Wildman–Crippen MR) is 63.3 cm³/mol. The average molecular weight is 234 g/mol. The van der Waals surface area contributed by atoms with Gasteiger partial charge >= 0.3 is 0 Å². The van der Waals surface area contributed by atoms with E-state index in [4.69, 9.17) is 4.74 Å². The number of benzene rings is 1. The van der Waals surface area contributed by atoms with Crippen molar-refractivity contribution in [3.05, 3.63) is 29.7 Å². The van der Waals surface area contributed by atoms with Gasteiger partial charge in [0.25, 0.3) is 0 Å². The van der Waals surface area contributed by atoms with E-state index in [9.17, 15) is 4.39 Å². The van der Waals surface area contributed by atoms with E-state index in [-0.39, 0.29) is 12.0 Å². The van der Waals surface area contributed by atoms with E-state index >= 15 is 0 Å². The second-order valence-electron chi connectivity index (χ2n) is 4.54. The molecular formula is C13H15FN2O. The Kier molecular flexibility index (Phi) is 2.59. The van der Waals surface area contributed by atoms with Crippen molar-refractivity contribution in [3.8, 4) is 0 Å². The molecule has 1 aromatic carbocycles. The highest BCUT2D eigenvalue weighted by Crippen LogP contribution is 2.27. The summed E-state index contributed by atoms with van der Waals surface area (Å²) in [6.45, 7) is 2.53. The Balaban J connectivity index is 2.08. The van der Waals surface area contributed by atoms with E-state index in [2.05, 4.69) is 5.10 Å². The van der Waals surface area contributed by atoms with E-state index in [0.717, 1.165) is 31.4 Å². The van der Waals surface area contributed by atoms with Crippen molar-refractivity contribution in [1.82, 2.24) is 9.78 Å². The summed E-state index contributed by atoms with van der Waals surface area (Å²) >= 11 is 0. The maximum Gasteiger partial charge on any atom is 0.150 e. The molecule has 1 aliphatic heterocycles. The van der Waals surface area contributed by atoms with Gasteiger partial charge in [-0.05, 0) is 37.8 Å². The first-order chi connectivity index (χ1) is 8.27. The molecule has 0 saturated carbocycles. The summed E-state index contributed by atoms with van der Waals surface area (Å²) in [5.74, 6) is -0.176. The monoisotopic (exact) mass is 234 g/mol. The molecule has 1 atom stereocenters. The smallest absolute Gasteiger partial charge is 0.150 e. The SMILES string of the molecule is Cc1ccc2c(cnn2C2CCCCO2)c1F. The summed E-state index contributed by atoms with van der Waals surface area (Å²) in [4.78, 5) is 0. The molecule has 1 saturated heterocycles. The van der Waals surface area contributed by atoms with Crippen LogP contribution >= 0.6 is 0 Å². The molecule has 2 heterocycles. The maximum absolute atomic E-state index is 13.9. The third-order valence-corrected chi connectivity index (χ3v) is 3.34. The van der Waals surface area contributed by atoms with E-state index in [0.29, 0.717) is 10.9 Å². The molecule has 2 aromatic rings. The van der Waals surface area contributed by atoms with Crippen molar-refractivity contribution in [2.45, 2.75) is 32.4 Å². The van der Waals surface area contributed by atoms with E-state index in [1.165, 1.54) is 0 Å². The number of hydrogen-bond acceptors (Lipinski definition) is 2. The third-order valence-electron chi connectivity index (χ3n) is 3.34. The number of rotatable bonds is 1. The van der Waals surface area contributed by atoms with Crippen LogP contribution in [-0.2, 0) is 4.74 Å². The van der Waals surface area contributed by atoms with Gasteiger partial charge in [-0.15, -0.1) is 0 Å². The number of halogens is 1. The highest BCUT2D eigenvalue weighted by Gasteiger charge is 2.19. The van der Waals surface area contributed by atoms with Crippen molar-refractivity contribution in [2.24, 2.45) is 0 Å². The number of aryl methyl sites for hydroxylation is 1. The Hall–Kier alpha value is -1.42. The molecule has 90 valence electrons. The van der Waals surface area contributed by atoms with Gasteiger partial charge in [0.1, 0.15) is 5.82 Å². The minimum absolute atomic E-state index is 0.0386. The molecular weight excluding hydrogens is 219 g/mol. The molecule has 0 radical (unpaired) electrons. The van der Waals surface area contributed by atoms with Gasteiger partial charge in [0.2, 0.25) is 0 Å². The minimum atomic E-state index is -0.176. The van der Waals surface area contributed by atoms with Crippen LogP contribution in [0.5, 0.6) is 0 Å². The number of nitrogens with zero attached hydrogens (tertiary/aromatic N) is 2. The fourth-order valence-corrected chi connectivity index (χ4v) is 2.34. The Labute approximate surface area is 99.2 Å². The largest absolute Gasteiger partial charge is 0.356 e. The van der Waals surface area contributed by atoms with Gasteiger partial charge in [-0.3, -0.25) is 0 Å². The Bertz CT molecular complexity index is 544. The summed E-state index contributed by atoms with van der Waals surface area (Å²) in [5, 5.41) is 4.86. The van der Waals surface area contributed by atoms with Gasteiger partial charge in [0, 0.05) is 6.61 Å². The second-order valence-corrected chi connectivity index (χ2v) is 4.54. The lowest BCUT2D eigenvalue weighted by Crippen LogP contribution is -2.18. The molecule has 1 unspecified atom stereocenters. The van der Waals surface area contributed by atoms with Crippen LogP contribution in [0.15, 0.2) is 18.3 Å². The van der Waals surface area contributed by atoms with Crippen molar-refractivity contribution in [2.75, 3.05) is 6.61 Å². The highest BCUT2D eigenvalue weighted by molar-refractivity contribution is 5.80. The normalized spacial score (nSPS) is 20.9. The standard InChI is InChI=1S/C13H15FN2O/c1-9-5-6-11-10(13(9)14)8-15-16(11)12-4-2-3-7-17-12/h5-6,8,12H,2-4,7H2,1H3. The Morgan fingerprint density at radius 3 is 3.06 bits per heavy atom. The molecule has 3 rings (SSSR count). The predicted octanol–water partition coefficient (Wildman–Crippen LogP) is 3.18. The molecule has 1 aromatic heterocycles. The summed E-state index contributed by atoms with van der Waals surface area (Å²) in [7, 11) is 0. The van der Waals surface area contributed by atoms with Crippen LogP contribution in [0.3, 0.4) is 0 Å². The number of fused-ring (bicyclic) bond motifs is 1. The van der Waals surface area contributed by atoms with Gasteiger partial charge < -0.3 is 4.74 Å². The average Bonchev–Trinajstić information content (AvgIpc) is 2.79. The number of aromatic nitrogens is 2. The van der Waals surface area contributed by atoms with Crippen molar-refractivity contribution in [3.63, 3.8) is 0 Å². The third kappa shape index (κ3) is 1.72. The second kappa shape index (κ2) is 4.11. The molecule has 0 amide bonds. The van der Waals surface area contributed by atoms with Gasteiger partial charge in [-0.1, -0.05) is 6.07 Å². The zero-order valence-corrected chi connectivity index (χ0v) is 9.82. The first-order valence-electron chi connectivity index (χ1n) is 6.01. The van der Waals surface area contributed by atoms with Crippen LogP contribution < -0.4 is 0 Å². The summed E-state index contributed by atoms with van der Waals surface area (Å²) in [6, 6.07) is 3.71. The summed E-state index contributed by atoms with van der Waals surface area (Å²) in [5.41, 5.74) is 1.47. The molecule has 17 heavy (non-hydrogen) atoms. The fraction of sp³-hybridized carbons (Fsp3) is 0.462. The van der Waals surface area contributed by atoms with Crippen molar-refractivity contribution >= 4 is 10.9 Å². The molecule has 0 N–H and O–H groups in total. The van der Waals surface area contributed by atoms with Crippen molar-refractivity contribution < 1.29 is 9.13 Å². The highest BCUT2D eigenvalue weighted by atomic mass is 19.1. The van der Waals surface area contributed by atoms with Gasteiger partial charge in [0.05, 0.1) is 17.1 Å². The lowest BCUT2D eigenvalue weighted by molar-refractivity contribution is -0.0366. The van der Waals surface area contributed by atoms with Crippen LogP contribution in [0.4, 0.5) is 4.39 Å². The van der Waals surface area contributed by atoms with Crippen LogP contribution in [0.2, 0.25) is 0 Å². The van der Waals surface area contributed by atoms with Crippen LogP contribution in [-0.4, -0.2) is 16.4 Å².